The molecule has 0 radical (unpaired) electrons. The lowest BCUT2D eigenvalue weighted by atomic mass is 10.0. The third-order valence-corrected chi connectivity index (χ3v) is 6.27. The first kappa shape index (κ1) is 27.0. The molecule has 5 nitrogen and oxygen atoms in total. The number of carbonyl (C=O) groups excluding carboxylic acids is 2. The van der Waals surface area contributed by atoms with E-state index >= 15 is 0 Å². The van der Waals surface area contributed by atoms with E-state index in [2.05, 4.69) is 19.2 Å². The predicted octanol–water partition coefficient (Wildman–Crippen LogP) is 5.40. The minimum absolute atomic E-state index is 0.142. The molecule has 0 fully saturated rings. The summed E-state index contributed by atoms with van der Waals surface area (Å²) in [5.74, 6) is 0.569. The standard InChI is InChI=1S/C31H38N2O3/c1-22(2)19-32-31(35)29(18-26-9-7-6-8-10-26)33(20-27-14-11-23(3)12-15-27)30(34)21-36-28-16-13-24(4)25(5)17-28/h6-17,22,29H,18-21H2,1-5H3,(H,32,35)/t29-/m1/s1. The predicted molar refractivity (Wildman–Crippen MR) is 145 cm³/mol. The van der Waals surface area contributed by atoms with Gasteiger partial charge in [0, 0.05) is 19.5 Å². The molecule has 0 aliphatic heterocycles. The van der Waals surface area contributed by atoms with Gasteiger partial charge in [0.25, 0.3) is 5.91 Å². The number of rotatable bonds is 11. The van der Waals surface area contributed by atoms with Gasteiger partial charge < -0.3 is 15.0 Å². The van der Waals surface area contributed by atoms with Crippen molar-refractivity contribution < 1.29 is 14.3 Å². The van der Waals surface area contributed by atoms with Crippen LogP contribution in [0.15, 0.2) is 72.8 Å². The highest BCUT2D eigenvalue weighted by atomic mass is 16.5. The molecule has 36 heavy (non-hydrogen) atoms. The molecule has 3 aromatic rings. The normalized spacial score (nSPS) is 11.7. The molecular weight excluding hydrogens is 448 g/mol. The largest absolute Gasteiger partial charge is 0.484 e. The average Bonchev–Trinajstić information content (AvgIpc) is 2.87. The van der Waals surface area contributed by atoms with Crippen LogP contribution in [0.5, 0.6) is 5.75 Å². The molecule has 0 saturated carbocycles. The lowest BCUT2D eigenvalue weighted by Crippen LogP contribution is -2.52. The number of hydrogen-bond acceptors (Lipinski definition) is 3. The van der Waals surface area contributed by atoms with Gasteiger partial charge in [0.05, 0.1) is 0 Å². The number of nitrogens with zero attached hydrogens (tertiary/aromatic N) is 1. The Balaban J connectivity index is 1.89. The molecule has 190 valence electrons. The first-order valence-corrected chi connectivity index (χ1v) is 12.6. The number of hydrogen-bond donors (Lipinski definition) is 1. The van der Waals surface area contributed by atoms with E-state index in [0.717, 1.165) is 22.3 Å². The smallest absolute Gasteiger partial charge is 0.261 e. The molecule has 0 spiro atoms. The van der Waals surface area contributed by atoms with Gasteiger partial charge in [0.2, 0.25) is 5.91 Å². The Bertz CT molecular complexity index is 1140. The minimum atomic E-state index is -0.664. The van der Waals surface area contributed by atoms with Gasteiger partial charge in [-0.3, -0.25) is 9.59 Å². The Labute approximate surface area is 215 Å². The third-order valence-electron chi connectivity index (χ3n) is 6.27. The Morgan fingerprint density at radius 3 is 2.19 bits per heavy atom. The summed E-state index contributed by atoms with van der Waals surface area (Å²) in [4.78, 5) is 28.7. The zero-order chi connectivity index (χ0) is 26.1. The van der Waals surface area contributed by atoms with Crippen LogP contribution in [0.2, 0.25) is 0 Å². The van der Waals surface area contributed by atoms with Crippen molar-refractivity contribution in [3.63, 3.8) is 0 Å². The number of nitrogens with one attached hydrogen (secondary N) is 1. The fraction of sp³-hybridized carbons (Fsp3) is 0.355. The van der Waals surface area contributed by atoms with E-state index in [1.54, 1.807) is 4.90 Å². The van der Waals surface area contributed by atoms with Crippen molar-refractivity contribution in [1.29, 1.82) is 0 Å². The molecule has 5 heteroatoms. The van der Waals surface area contributed by atoms with Crippen molar-refractivity contribution in [1.82, 2.24) is 10.2 Å². The SMILES string of the molecule is Cc1ccc(CN(C(=O)COc2ccc(C)c(C)c2)[C@H](Cc2ccccc2)C(=O)NCC(C)C)cc1. The number of carbonyl (C=O) groups is 2. The van der Waals surface area contributed by atoms with Crippen LogP contribution < -0.4 is 10.1 Å². The van der Waals surface area contributed by atoms with Crippen molar-refractivity contribution >= 4 is 11.8 Å². The zero-order valence-electron chi connectivity index (χ0n) is 22.1. The van der Waals surface area contributed by atoms with Crippen molar-refractivity contribution in [2.24, 2.45) is 5.92 Å². The zero-order valence-corrected chi connectivity index (χ0v) is 22.1. The van der Waals surface area contributed by atoms with Crippen LogP contribution >= 0.6 is 0 Å². The van der Waals surface area contributed by atoms with E-state index in [9.17, 15) is 9.59 Å². The van der Waals surface area contributed by atoms with Crippen molar-refractivity contribution in [2.75, 3.05) is 13.2 Å². The maximum atomic E-state index is 13.6. The Morgan fingerprint density at radius 2 is 1.56 bits per heavy atom. The molecule has 1 atom stereocenters. The number of amides is 2. The van der Waals surface area contributed by atoms with Gasteiger partial charge >= 0.3 is 0 Å². The molecular formula is C31H38N2O3. The summed E-state index contributed by atoms with van der Waals surface area (Å²) >= 11 is 0. The fourth-order valence-corrected chi connectivity index (χ4v) is 3.90. The van der Waals surface area contributed by atoms with E-state index in [1.807, 2.05) is 93.6 Å². The topological polar surface area (TPSA) is 58.6 Å². The van der Waals surface area contributed by atoms with Crippen molar-refractivity contribution in [3.05, 3.63) is 101 Å². The average molecular weight is 487 g/mol. The molecule has 1 N–H and O–H groups in total. The van der Waals surface area contributed by atoms with Crippen LogP contribution in [0.4, 0.5) is 0 Å². The molecule has 0 saturated heterocycles. The van der Waals surface area contributed by atoms with E-state index in [1.165, 1.54) is 5.56 Å². The fourth-order valence-electron chi connectivity index (χ4n) is 3.90. The summed E-state index contributed by atoms with van der Waals surface area (Å²) in [5.41, 5.74) is 5.38. The number of ether oxygens (including phenoxy) is 1. The lowest BCUT2D eigenvalue weighted by Gasteiger charge is -2.31. The Hall–Kier alpha value is -3.60. The van der Waals surface area contributed by atoms with E-state index in [-0.39, 0.29) is 18.4 Å². The van der Waals surface area contributed by atoms with Crippen LogP contribution in [0, 0.1) is 26.7 Å². The third kappa shape index (κ3) is 7.98. The maximum absolute atomic E-state index is 13.6. The second-order valence-corrected chi connectivity index (χ2v) is 9.89. The molecule has 0 aromatic heterocycles. The van der Waals surface area contributed by atoms with Gasteiger partial charge in [0.1, 0.15) is 11.8 Å². The van der Waals surface area contributed by atoms with E-state index in [4.69, 9.17) is 4.74 Å². The summed E-state index contributed by atoms with van der Waals surface area (Å²) in [6.07, 6.45) is 0.423. The molecule has 0 heterocycles. The van der Waals surface area contributed by atoms with Gasteiger partial charge in [-0.15, -0.1) is 0 Å². The summed E-state index contributed by atoms with van der Waals surface area (Å²) < 4.78 is 5.90. The van der Waals surface area contributed by atoms with Crippen LogP contribution in [-0.4, -0.2) is 35.9 Å². The monoisotopic (exact) mass is 486 g/mol. The van der Waals surface area contributed by atoms with Crippen LogP contribution in [-0.2, 0) is 22.6 Å². The van der Waals surface area contributed by atoms with Gasteiger partial charge in [-0.25, -0.2) is 0 Å². The van der Waals surface area contributed by atoms with E-state index < -0.39 is 6.04 Å². The quantitative estimate of drug-likeness (QED) is 0.395. The first-order chi connectivity index (χ1) is 17.2. The number of benzene rings is 3. The molecule has 3 rings (SSSR count). The highest BCUT2D eigenvalue weighted by molar-refractivity contribution is 5.88. The minimum Gasteiger partial charge on any atom is -0.484 e. The Kier molecular flexibility index (Phi) is 9.69. The van der Waals surface area contributed by atoms with Crippen LogP contribution in [0.25, 0.3) is 0 Å². The second kappa shape index (κ2) is 12.9. The summed E-state index contributed by atoms with van der Waals surface area (Å²) in [5, 5.41) is 3.05. The first-order valence-electron chi connectivity index (χ1n) is 12.6. The highest BCUT2D eigenvalue weighted by Gasteiger charge is 2.30. The van der Waals surface area contributed by atoms with E-state index in [0.29, 0.717) is 31.2 Å². The molecule has 0 bridgehead atoms. The lowest BCUT2D eigenvalue weighted by molar-refractivity contribution is -0.142. The van der Waals surface area contributed by atoms with Gasteiger partial charge in [-0.1, -0.05) is 80.1 Å². The molecule has 0 unspecified atom stereocenters. The summed E-state index contributed by atoms with van der Waals surface area (Å²) in [7, 11) is 0. The van der Waals surface area contributed by atoms with Crippen molar-refractivity contribution in [2.45, 2.75) is 53.6 Å². The van der Waals surface area contributed by atoms with Crippen molar-refractivity contribution in [3.8, 4) is 5.75 Å². The highest BCUT2D eigenvalue weighted by Crippen LogP contribution is 2.19. The molecule has 0 aliphatic carbocycles. The maximum Gasteiger partial charge on any atom is 0.261 e. The molecule has 3 aromatic carbocycles. The van der Waals surface area contributed by atoms with Gasteiger partial charge in [-0.05, 0) is 61.1 Å². The van der Waals surface area contributed by atoms with Gasteiger partial charge in [0.15, 0.2) is 6.61 Å². The molecule has 0 aliphatic rings. The Morgan fingerprint density at radius 1 is 0.861 bits per heavy atom. The van der Waals surface area contributed by atoms with Crippen LogP contribution in [0.1, 0.15) is 41.7 Å². The number of aryl methyl sites for hydroxylation is 3. The molecule has 2 amide bonds. The second-order valence-electron chi connectivity index (χ2n) is 9.89. The summed E-state index contributed by atoms with van der Waals surface area (Å²) in [6, 6.07) is 23.0. The van der Waals surface area contributed by atoms with Gasteiger partial charge in [-0.2, -0.15) is 0 Å². The van der Waals surface area contributed by atoms with Crippen LogP contribution in [0.3, 0.4) is 0 Å². The summed E-state index contributed by atoms with van der Waals surface area (Å²) in [6.45, 7) is 10.9.